The maximum absolute atomic E-state index is 6.09. The van der Waals surface area contributed by atoms with Crippen LogP contribution in [0.15, 0.2) is 31.0 Å². The van der Waals surface area contributed by atoms with E-state index in [4.69, 9.17) is 11.6 Å². The SMILES string of the molecule is CC(C)CNCc1cn(Cc2ccncc2Cl)cn1. The average molecular weight is 279 g/mol. The van der Waals surface area contributed by atoms with E-state index in [1.807, 2.05) is 23.2 Å². The lowest BCUT2D eigenvalue weighted by Crippen LogP contribution is -2.19. The molecule has 0 aliphatic heterocycles. The first-order valence-corrected chi connectivity index (χ1v) is 6.82. The van der Waals surface area contributed by atoms with Crippen LogP contribution in [0, 0.1) is 5.92 Å². The summed E-state index contributed by atoms with van der Waals surface area (Å²) in [6.45, 7) is 6.91. The van der Waals surface area contributed by atoms with Crippen molar-refractivity contribution >= 4 is 11.6 Å². The Morgan fingerprint density at radius 2 is 2.26 bits per heavy atom. The number of hydrogen-bond acceptors (Lipinski definition) is 3. The number of pyridine rings is 1. The largest absolute Gasteiger partial charge is 0.333 e. The standard InChI is InChI=1S/C14H19ClN4/c1-11(2)5-17-6-13-9-19(10-18-13)8-12-3-4-16-7-14(12)15/h3-4,7,9-11,17H,5-6,8H2,1-2H3. The number of nitrogens with one attached hydrogen (secondary N) is 1. The molecular formula is C14H19ClN4. The van der Waals surface area contributed by atoms with Gasteiger partial charge in [-0.25, -0.2) is 4.98 Å². The zero-order valence-electron chi connectivity index (χ0n) is 11.3. The number of aromatic nitrogens is 3. The molecule has 5 heteroatoms. The molecule has 0 saturated carbocycles. The van der Waals surface area contributed by atoms with Crippen LogP contribution in [0.2, 0.25) is 5.02 Å². The Morgan fingerprint density at radius 3 is 3.00 bits per heavy atom. The van der Waals surface area contributed by atoms with Gasteiger partial charge in [0.1, 0.15) is 0 Å². The third-order valence-electron chi connectivity index (χ3n) is 2.75. The number of nitrogens with zero attached hydrogens (tertiary/aromatic N) is 3. The molecule has 0 aliphatic rings. The first-order valence-electron chi connectivity index (χ1n) is 6.45. The van der Waals surface area contributed by atoms with Gasteiger partial charge in [-0.3, -0.25) is 4.98 Å². The smallest absolute Gasteiger partial charge is 0.0953 e. The summed E-state index contributed by atoms with van der Waals surface area (Å²) < 4.78 is 2.04. The summed E-state index contributed by atoms with van der Waals surface area (Å²) in [6, 6.07) is 1.93. The molecule has 2 aromatic heterocycles. The molecule has 0 amide bonds. The van der Waals surface area contributed by atoms with Gasteiger partial charge in [-0.2, -0.15) is 0 Å². The average Bonchev–Trinajstić information content (AvgIpc) is 2.79. The molecule has 0 radical (unpaired) electrons. The first-order chi connectivity index (χ1) is 9.15. The molecule has 0 aliphatic carbocycles. The molecule has 1 N–H and O–H groups in total. The second-order valence-electron chi connectivity index (χ2n) is 5.03. The molecule has 2 heterocycles. The van der Waals surface area contributed by atoms with Crippen molar-refractivity contribution in [1.29, 1.82) is 0 Å². The maximum Gasteiger partial charge on any atom is 0.0953 e. The molecule has 0 bridgehead atoms. The molecule has 2 rings (SSSR count). The van der Waals surface area contributed by atoms with E-state index in [1.54, 1.807) is 12.4 Å². The third-order valence-corrected chi connectivity index (χ3v) is 3.10. The minimum atomic E-state index is 0.651. The van der Waals surface area contributed by atoms with Crippen LogP contribution in [0.4, 0.5) is 0 Å². The lowest BCUT2D eigenvalue weighted by atomic mass is 10.2. The van der Waals surface area contributed by atoms with Gasteiger partial charge in [0.25, 0.3) is 0 Å². The monoisotopic (exact) mass is 278 g/mol. The van der Waals surface area contributed by atoms with Crippen molar-refractivity contribution < 1.29 is 0 Å². The van der Waals surface area contributed by atoms with Crippen LogP contribution in [-0.2, 0) is 13.1 Å². The molecular weight excluding hydrogens is 260 g/mol. The maximum atomic E-state index is 6.09. The lowest BCUT2D eigenvalue weighted by molar-refractivity contribution is 0.548. The highest BCUT2D eigenvalue weighted by Crippen LogP contribution is 2.14. The third kappa shape index (κ3) is 4.33. The van der Waals surface area contributed by atoms with Gasteiger partial charge in [0.2, 0.25) is 0 Å². The van der Waals surface area contributed by atoms with E-state index < -0.39 is 0 Å². The van der Waals surface area contributed by atoms with E-state index in [-0.39, 0.29) is 0 Å². The zero-order valence-corrected chi connectivity index (χ0v) is 12.1. The van der Waals surface area contributed by atoms with Crippen LogP contribution in [0.5, 0.6) is 0 Å². The van der Waals surface area contributed by atoms with Crippen LogP contribution in [0.3, 0.4) is 0 Å². The molecule has 0 unspecified atom stereocenters. The van der Waals surface area contributed by atoms with Crippen molar-refractivity contribution in [2.24, 2.45) is 5.92 Å². The highest BCUT2D eigenvalue weighted by Gasteiger charge is 2.03. The minimum absolute atomic E-state index is 0.651. The van der Waals surface area contributed by atoms with Gasteiger partial charge in [0.15, 0.2) is 0 Å². The van der Waals surface area contributed by atoms with Crippen molar-refractivity contribution in [2.75, 3.05) is 6.54 Å². The molecule has 4 nitrogen and oxygen atoms in total. The number of imidazole rings is 1. The molecule has 2 aromatic rings. The van der Waals surface area contributed by atoms with Crippen LogP contribution in [0.25, 0.3) is 0 Å². The van der Waals surface area contributed by atoms with E-state index in [0.717, 1.165) is 30.9 Å². The number of rotatable bonds is 6. The van der Waals surface area contributed by atoms with E-state index in [2.05, 4.69) is 29.1 Å². The fraction of sp³-hybridized carbons (Fsp3) is 0.429. The predicted molar refractivity (Wildman–Crippen MR) is 77.1 cm³/mol. The summed E-state index contributed by atoms with van der Waals surface area (Å²) in [5, 5.41) is 4.07. The van der Waals surface area contributed by atoms with Gasteiger partial charge < -0.3 is 9.88 Å². The molecule has 0 aromatic carbocycles. The van der Waals surface area contributed by atoms with Gasteiger partial charge in [0, 0.05) is 25.1 Å². The molecule has 0 atom stereocenters. The highest BCUT2D eigenvalue weighted by molar-refractivity contribution is 6.31. The van der Waals surface area contributed by atoms with Crippen LogP contribution in [-0.4, -0.2) is 21.1 Å². The molecule has 0 fully saturated rings. The van der Waals surface area contributed by atoms with Crippen LogP contribution < -0.4 is 5.32 Å². The summed E-state index contributed by atoms with van der Waals surface area (Å²) in [6.07, 6.45) is 7.30. The number of hydrogen-bond donors (Lipinski definition) is 1. The fourth-order valence-electron chi connectivity index (χ4n) is 1.80. The first kappa shape index (κ1) is 14.0. The van der Waals surface area contributed by atoms with Crippen molar-refractivity contribution in [3.63, 3.8) is 0 Å². The van der Waals surface area contributed by atoms with Crippen molar-refractivity contribution in [1.82, 2.24) is 19.9 Å². The topological polar surface area (TPSA) is 42.7 Å². The summed E-state index contributed by atoms with van der Waals surface area (Å²) >= 11 is 6.09. The van der Waals surface area contributed by atoms with Crippen molar-refractivity contribution in [2.45, 2.75) is 26.9 Å². The van der Waals surface area contributed by atoms with Crippen LogP contribution >= 0.6 is 11.6 Å². The Bertz CT molecular complexity index is 522. The number of halogens is 1. The Morgan fingerprint density at radius 1 is 1.42 bits per heavy atom. The second kappa shape index (κ2) is 6.68. The van der Waals surface area contributed by atoms with Gasteiger partial charge in [-0.05, 0) is 24.1 Å². The highest BCUT2D eigenvalue weighted by atomic mass is 35.5. The van der Waals surface area contributed by atoms with Crippen molar-refractivity contribution in [3.05, 3.63) is 47.3 Å². The Labute approximate surface area is 118 Å². The van der Waals surface area contributed by atoms with E-state index >= 15 is 0 Å². The Kier molecular flexibility index (Phi) is 4.93. The Balaban J connectivity index is 1.92. The molecule has 0 spiro atoms. The fourth-order valence-corrected chi connectivity index (χ4v) is 1.98. The summed E-state index contributed by atoms with van der Waals surface area (Å²) in [5.74, 6) is 0.651. The van der Waals surface area contributed by atoms with E-state index in [1.165, 1.54) is 0 Å². The minimum Gasteiger partial charge on any atom is -0.333 e. The van der Waals surface area contributed by atoms with Crippen molar-refractivity contribution in [3.8, 4) is 0 Å². The van der Waals surface area contributed by atoms with Crippen LogP contribution in [0.1, 0.15) is 25.1 Å². The summed E-state index contributed by atoms with van der Waals surface area (Å²) in [5.41, 5.74) is 2.10. The van der Waals surface area contributed by atoms with E-state index in [0.29, 0.717) is 10.9 Å². The van der Waals surface area contributed by atoms with Gasteiger partial charge in [-0.15, -0.1) is 0 Å². The molecule has 19 heavy (non-hydrogen) atoms. The zero-order chi connectivity index (χ0) is 13.7. The molecule has 102 valence electrons. The quantitative estimate of drug-likeness (QED) is 0.883. The summed E-state index contributed by atoms with van der Waals surface area (Å²) in [4.78, 5) is 8.36. The Hall–Kier alpha value is -1.39. The lowest BCUT2D eigenvalue weighted by Gasteiger charge is -2.05. The normalized spacial score (nSPS) is 11.2. The molecule has 0 saturated heterocycles. The van der Waals surface area contributed by atoms with Gasteiger partial charge >= 0.3 is 0 Å². The van der Waals surface area contributed by atoms with E-state index in [9.17, 15) is 0 Å². The second-order valence-corrected chi connectivity index (χ2v) is 5.44. The van der Waals surface area contributed by atoms with Gasteiger partial charge in [0.05, 0.1) is 23.6 Å². The predicted octanol–water partition coefficient (Wildman–Crippen LogP) is 2.73. The summed E-state index contributed by atoms with van der Waals surface area (Å²) in [7, 11) is 0. The van der Waals surface area contributed by atoms with Gasteiger partial charge in [-0.1, -0.05) is 25.4 Å².